The van der Waals surface area contributed by atoms with E-state index < -0.39 is 5.97 Å². The van der Waals surface area contributed by atoms with Crippen LogP contribution < -0.4 is 9.61 Å². The van der Waals surface area contributed by atoms with Crippen LogP contribution in [0.3, 0.4) is 0 Å². The first-order chi connectivity index (χ1) is 12.9. The summed E-state index contributed by atoms with van der Waals surface area (Å²) in [5.74, 6) is -0.520. The van der Waals surface area contributed by atoms with E-state index in [-0.39, 0.29) is 38.8 Å². The minimum Gasteiger partial charge on any atom is -0.483 e. The maximum Gasteiger partial charge on any atom is 0.308 e. The minimum absolute atomic E-state index is 0. The lowest BCUT2D eigenvalue weighted by atomic mass is 10.2. The van der Waals surface area contributed by atoms with Crippen LogP contribution in [-0.2, 0) is 11.3 Å². The number of fused-ring (bicyclic) bond motifs is 1. The number of ether oxygens (including phenoxy) is 1. The summed E-state index contributed by atoms with van der Waals surface area (Å²) in [6.45, 7) is 2.06. The Morgan fingerprint density at radius 2 is 2.03 bits per heavy atom. The smallest absolute Gasteiger partial charge is 0.308 e. The van der Waals surface area contributed by atoms with Gasteiger partial charge in [0, 0.05) is 18.8 Å². The molecule has 0 saturated heterocycles. The van der Waals surface area contributed by atoms with Gasteiger partial charge >= 0.3 is 10.8 Å². The van der Waals surface area contributed by atoms with Crippen LogP contribution in [0.25, 0.3) is 10.2 Å². The molecule has 0 saturated carbocycles. The number of pyridine rings is 1. The molecule has 2 heterocycles. The summed E-state index contributed by atoms with van der Waals surface area (Å²) in [7, 11) is 0. The van der Waals surface area contributed by atoms with E-state index in [1.165, 1.54) is 4.57 Å². The van der Waals surface area contributed by atoms with Crippen molar-refractivity contribution in [3.8, 4) is 5.75 Å². The minimum atomic E-state index is -0.964. The summed E-state index contributed by atoms with van der Waals surface area (Å²) >= 11 is 13.3. The molecule has 158 valence electrons. The Kier molecular flexibility index (Phi) is 9.14. The van der Waals surface area contributed by atoms with Crippen molar-refractivity contribution in [2.45, 2.75) is 47.3 Å². The second kappa shape index (κ2) is 10.6. The highest BCUT2D eigenvalue weighted by atomic mass is 35.5. The Morgan fingerprint density at radius 3 is 2.62 bits per heavy atom. The van der Waals surface area contributed by atoms with Gasteiger partial charge in [0.25, 0.3) is 0 Å². The van der Waals surface area contributed by atoms with Gasteiger partial charge in [-0.1, -0.05) is 56.3 Å². The molecule has 0 radical (unpaired) electrons. The fourth-order valence-electron chi connectivity index (χ4n) is 2.66. The molecule has 2 aromatic heterocycles. The Morgan fingerprint density at radius 1 is 1.31 bits per heavy atom. The third-order valence-corrected chi connectivity index (χ3v) is 5.45. The van der Waals surface area contributed by atoms with Gasteiger partial charge in [0.05, 0.1) is 32.4 Å². The van der Waals surface area contributed by atoms with Crippen molar-refractivity contribution in [1.82, 2.24) is 9.55 Å². The van der Waals surface area contributed by atoms with Crippen LogP contribution in [0, 0.1) is 0 Å². The lowest BCUT2D eigenvalue weighted by Gasteiger charge is -2.18. The molecule has 0 fully saturated rings. The molecule has 3 rings (SSSR count). The number of halogens is 2. The molecule has 1 aromatic carbocycles. The van der Waals surface area contributed by atoms with Crippen molar-refractivity contribution < 1.29 is 14.6 Å². The van der Waals surface area contributed by atoms with E-state index in [2.05, 4.69) is 4.98 Å². The van der Waals surface area contributed by atoms with Crippen LogP contribution in [0.4, 0.5) is 0 Å². The molecule has 29 heavy (non-hydrogen) atoms. The van der Waals surface area contributed by atoms with Gasteiger partial charge in [0.2, 0.25) is 0 Å². The number of carbonyl (C=O) groups is 1. The van der Waals surface area contributed by atoms with E-state index in [4.69, 9.17) is 33.0 Å². The first-order valence-corrected chi connectivity index (χ1v) is 9.79. The third kappa shape index (κ3) is 5.72. The number of rotatable bonds is 7. The Hall–Kier alpha value is -2.09. The van der Waals surface area contributed by atoms with Crippen molar-refractivity contribution in [2.24, 2.45) is 0 Å². The largest absolute Gasteiger partial charge is 0.483 e. The number of nitrogens with zero attached hydrogens (tertiary/aromatic N) is 2. The van der Waals surface area contributed by atoms with Gasteiger partial charge in [-0.05, 0) is 24.6 Å². The molecule has 0 amide bonds. The summed E-state index contributed by atoms with van der Waals surface area (Å²) in [5.41, 5.74) is 1.33. The number of aryl methyl sites for hydroxylation is 1. The first-order valence-electron chi connectivity index (χ1n) is 8.21. The predicted molar refractivity (Wildman–Crippen MR) is 120 cm³/mol. The van der Waals surface area contributed by atoms with Crippen molar-refractivity contribution in [1.29, 1.82) is 0 Å². The Bertz CT molecular complexity index is 1030. The molecular formula is C20H24Cl2N2O4S. The van der Waals surface area contributed by atoms with E-state index in [1.807, 2.05) is 6.92 Å². The van der Waals surface area contributed by atoms with E-state index >= 15 is 0 Å². The van der Waals surface area contributed by atoms with Gasteiger partial charge in [-0.2, -0.15) is 0 Å². The van der Waals surface area contributed by atoms with Gasteiger partial charge in [-0.25, -0.2) is 0 Å². The molecule has 1 N–H and O–H groups in total. The monoisotopic (exact) mass is 458 g/mol. The highest BCUT2D eigenvalue weighted by molar-refractivity contribution is 7.16. The molecule has 0 aliphatic rings. The highest BCUT2D eigenvalue weighted by Gasteiger charge is 2.17. The van der Waals surface area contributed by atoms with Crippen molar-refractivity contribution in [3.63, 3.8) is 0 Å². The van der Waals surface area contributed by atoms with Crippen LogP contribution >= 0.6 is 34.5 Å². The standard InChI is InChI=1S/C18H16Cl2N2O4S.2CH4/c1-2-14(12-4-3-10(19)9-21-12)26-15-8-16-13(7-11(15)20)22(18(25)27-16)6-5-17(23)24;;/h3-4,7-9,14H,2,5-6H2,1H3,(H,23,24);2*1H4/t14-;;/m0../s1. The topological polar surface area (TPSA) is 81.4 Å². The Balaban J connectivity index is 0.00000210. The average molecular weight is 459 g/mol. The van der Waals surface area contributed by atoms with E-state index in [0.29, 0.717) is 32.4 Å². The molecule has 0 bridgehead atoms. The zero-order valence-electron chi connectivity index (χ0n) is 14.3. The van der Waals surface area contributed by atoms with Crippen molar-refractivity contribution in [3.05, 3.63) is 55.9 Å². The SMILES string of the molecule is C.C.CC[C@H](Oc1cc2sc(=O)n(CCC(=O)O)c2cc1Cl)c1ccc(Cl)cn1. The molecule has 6 nitrogen and oxygen atoms in total. The van der Waals surface area contributed by atoms with Gasteiger partial charge in [-0.15, -0.1) is 0 Å². The lowest BCUT2D eigenvalue weighted by molar-refractivity contribution is -0.137. The molecule has 0 spiro atoms. The summed E-state index contributed by atoms with van der Waals surface area (Å²) in [5, 5.41) is 9.74. The average Bonchev–Trinajstić information content (AvgIpc) is 2.93. The van der Waals surface area contributed by atoms with Gasteiger partial charge in [-0.3, -0.25) is 19.1 Å². The number of carboxylic acid groups (broad SMARTS) is 1. The van der Waals surface area contributed by atoms with Crippen LogP contribution in [0.15, 0.2) is 35.3 Å². The number of aromatic nitrogens is 2. The molecule has 0 aliphatic carbocycles. The predicted octanol–water partition coefficient (Wildman–Crippen LogP) is 6.04. The highest BCUT2D eigenvalue weighted by Crippen LogP contribution is 2.35. The Labute approximate surface area is 183 Å². The first kappa shape index (κ1) is 24.9. The molecule has 1 atom stereocenters. The number of benzene rings is 1. The number of thiazole rings is 1. The zero-order valence-corrected chi connectivity index (χ0v) is 16.6. The fraction of sp³-hybridized carbons (Fsp3) is 0.350. The van der Waals surface area contributed by atoms with Crippen LogP contribution in [0.2, 0.25) is 10.0 Å². The maximum absolute atomic E-state index is 12.2. The van der Waals surface area contributed by atoms with E-state index in [0.717, 1.165) is 17.0 Å². The quantitative estimate of drug-likeness (QED) is 0.466. The van der Waals surface area contributed by atoms with Crippen LogP contribution in [0.5, 0.6) is 5.75 Å². The van der Waals surface area contributed by atoms with Crippen LogP contribution in [-0.4, -0.2) is 20.6 Å². The molecular weight excluding hydrogens is 435 g/mol. The van der Waals surface area contributed by atoms with E-state index in [1.54, 1.807) is 30.5 Å². The third-order valence-electron chi connectivity index (χ3n) is 3.99. The lowest BCUT2D eigenvalue weighted by Crippen LogP contribution is -2.15. The second-order valence-corrected chi connectivity index (χ2v) is 7.67. The number of hydrogen-bond acceptors (Lipinski definition) is 5. The molecule has 3 aromatic rings. The van der Waals surface area contributed by atoms with Crippen molar-refractivity contribution >= 4 is 50.7 Å². The second-order valence-electron chi connectivity index (χ2n) is 5.83. The number of aliphatic carboxylic acids is 1. The summed E-state index contributed by atoms with van der Waals surface area (Å²) in [6.07, 6.45) is 1.77. The van der Waals surface area contributed by atoms with Gasteiger partial charge in [0.1, 0.15) is 11.9 Å². The summed E-state index contributed by atoms with van der Waals surface area (Å²) in [6, 6.07) is 6.88. The molecule has 0 unspecified atom stereocenters. The van der Waals surface area contributed by atoms with Gasteiger partial charge < -0.3 is 9.84 Å². The molecule has 0 aliphatic heterocycles. The summed E-state index contributed by atoms with van der Waals surface area (Å²) < 4.78 is 8.14. The molecule has 9 heteroatoms. The van der Waals surface area contributed by atoms with E-state index in [9.17, 15) is 9.59 Å². The zero-order chi connectivity index (χ0) is 19.6. The number of hydrogen-bond donors (Lipinski definition) is 1. The fourth-order valence-corrected chi connectivity index (χ4v) is 3.90. The van der Waals surface area contributed by atoms with Crippen LogP contribution in [0.1, 0.15) is 46.4 Å². The number of carboxylic acids is 1. The normalized spacial score (nSPS) is 11.4. The van der Waals surface area contributed by atoms with Gasteiger partial charge in [0.15, 0.2) is 0 Å². The summed E-state index contributed by atoms with van der Waals surface area (Å²) in [4.78, 5) is 27.0. The maximum atomic E-state index is 12.2. The van der Waals surface area contributed by atoms with Crippen molar-refractivity contribution in [2.75, 3.05) is 0 Å².